The van der Waals surface area contributed by atoms with Crippen molar-refractivity contribution in [1.82, 2.24) is 4.72 Å². The Morgan fingerprint density at radius 1 is 1.48 bits per heavy atom. The van der Waals surface area contributed by atoms with E-state index in [0.29, 0.717) is 13.0 Å². The van der Waals surface area contributed by atoms with E-state index in [1.807, 2.05) is 0 Å². The second-order valence-corrected chi connectivity index (χ2v) is 6.85. The van der Waals surface area contributed by atoms with Crippen LogP contribution in [0.5, 0.6) is 0 Å². The maximum absolute atomic E-state index is 12.1. The third-order valence-corrected chi connectivity index (χ3v) is 5.09. The molecule has 1 heterocycles. The Kier molecular flexibility index (Phi) is 4.33. The minimum atomic E-state index is -3.77. The highest BCUT2D eigenvalue weighted by Crippen LogP contribution is 2.25. The van der Waals surface area contributed by atoms with Gasteiger partial charge in [-0.2, -0.15) is 0 Å². The molecular weight excluding hydrogens is 296 g/mol. The molecule has 21 heavy (non-hydrogen) atoms. The molecule has 0 saturated carbocycles. The molecule has 0 spiro atoms. The van der Waals surface area contributed by atoms with E-state index in [2.05, 4.69) is 4.72 Å². The quantitative estimate of drug-likeness (QED) is 0.683. The topological polar surface area (TPSA) is 119 Å². The Morgan fingerprint density at radius 2 is 2.10 bits per heavy atom. The SMILES string of the molecule is CC1OCCC1(O)CNS(=O)(=O)c1ccc(C(N)=O)cc1. The van der Waals surface area contributed by atoms with Gasteiger partial charge in [0.1, 0.15) is 5.60 Å². The van der Waals surface area contributed by atoms with Crippen LogP contribution >= 0.6 is 0 Å². The summed E-state index contributed by atoms with van der Waals surface area (Å²) in [6, 6.07) is 5.27. The highest BCUT2D eigenvalue weighted by atomic mass is 32.2. The average Bonchev–Trinajstić information content (AvgIpc) is 2.77. The standard InChI is InChI=1S/C13H18N2O5S/c1-9-13(17,6-7-20-9)8-15-21(18,19)11-4-2-10(3-5-11)12(14)16/h2-5,9,15,17H,6-8H2,1H3,(H2,14,16). The summed E-state index contributed by atoms with van der Waals surface area (Å²) < 4.78 is 31.9. The lowest BCUT2D eigenvalue weighted by Crippen LogP contribution is -2.47. The number of benzene rings is 1. The third-order valence-electron chi connectivity index (χ3n) is 3.68. The number of amides is 1. The van der Waals surface area contributed by atoms with Gasteiger partial charge in [0.25, 0.3) is 0 Å². The van der Waals surface area contributed by atoms with Crippen molar-refractivity contribution in [3.8, 4) is 0 Å². The zero-order chi connectivity index (χ0) is 15.7. The summed E-state index contributed by atoms with van der Waals surface area (Å²) in [5, 5.41) is 10.3. The second kappa shape index (κ2) is 5.72. The van der Waals surface area contributed by atoms with E-state index in [9.17, 15) is 18.3 Å². The van der Waals surface area contributed by atoms with Gasteiger partial charge in [-0.3, -0.25) is 4.79 Å². The maximum atomic E-state index is 12.1. The van der Waals surface area contributed by atoms with Crippen LogP contribution in [0.3, 0.4) is 0 Å². The molecule has 1 aliphatic heterocycles. The monoisotopic (exact) mass is 314 g/mol. The fraction of sp³-hybridized carbons (Fsp3) is 0.462. The van der Waals surface area contributed by atoms with E-state index in [0.717, 1.165) is 0 Å². The van der Waals surface area contributed by atoms with Crippen molar-refractivity contribution in [2.24, 2.45) is 5.73 Å². The van der Waals surface area contributed by atoms with Gasteiger partial charge in [-0.15, -0.1) is 0 Å². The maximum Gasteiger partial charge on any atom is 0.248 e. The molecule has 0 bridgehead atoms. The molecule has 0 aliphatic carbocycles. The number of hydrogen-bond acceptors (Lipinski definition) is 5. The van der Waals surface area contributed by atoms with Gasteiger partial charge in [0, 0.05) is 25.1 Å². The molecule has 0 radical (unpaired) electrons. The molecule has 8 heteroatoms. The van der Waals surface area contributed by atoms with Crippen LogP contribution in [0.2, 0.25) is 0 Å². The van der Waals surface area contributed by atoms with Crippen LogP contribution in [0, 0.1) is 0 Å². The molecule has 2 unspecified atom stereocenters. The van der Waals surface area contributed by atoms with Gasteiger partial charge in [0.2, 0.25) is 15.9 Å². The number of aliphatic hydroxyl groups is 1. The number of hydrogen-bond donors (Lipinski definition) is 3. The first kappa shape index (κ1) is 15.9. The summed E-state index contributed by atoms with van der Waals surface area (Å²) in [6.45, 7) is 1.96. The third kappa shape index (κ3) is 3.41. The minimum Gasteiger partial charge on any atom is -0.386 e. The lowest BCUT2D eigenvalue weighted by atomic mass is 9.97. The Hall–Kier alpha value is -1.48. The molecule has 116 valence electrons. The van der Waals surface area contributed by atoms with E-state index >= 15 is 0 Å². The second-order valence-electron chi connectivity index (χ2n) is 5.08. The molecule has 1 aromatic rings. The zero-order valence-corrected chi connectivity index (χ0v) is 12.4. The smallest absolute Gasteiger partial charge is 0.248 e. The molecule has 0 aromatic heterocycles. The summed E-state index contributed by atoms with van der Waals surface area (Å²) in [5.74, 6) is -0.627. The normalized spacial score (nSPS) is 25.9. The Morgan fingerprint density at radius 3 is 2.57 bits per heavy atom. The minimum absolute atomic E-state index is 0.00247. The first-order valence-corrected chi connectivity index (χ1v) is 7.96. The molecule has 1 saturated heterocycles. The summed E-state index contributed by atoms with van der Waals surface area (Å²) in [6.07, 6.45) is -0.0606. The van der Waals surface area contributed by atoms with Crippen molar-refractivity contribution in [3.63, 3.8) is 0 Å². The molecule has 1 aliphatic rings. The first-order valence-electron chi connectivity index (χ1n) is 6.48. The lowest BCUT2D eigenvalue weighted by molar-refractivity contribution is -0.0228. The zero-order valence-electron chi connectivity index (χ0n) is 11.6. The number of primary amides is 1. The molecule has 4 N–H and O–H groups in total. The highest BCUT2D eigenvalue weighted by Gasteiger charge is 2.40. The van der Waals surface area contributed by atoms with Crippen LogP contribution in [0.25, 0.3) is 0 Å². The predicted molar refractivity (Wildman–Crippen MR) is 75.1 cm³/mol. The van der Waals surface area contributed by atoms with Crippen molar-refractivity contribution in [2.75, 3.05) is 13.2 Å². The van der Waals surface area contributed by atoms with Gasteiger partial charge >= 0.3 is 0 Å². The van der Waals surface area contributed by atoms with Gasteiger partial charge in [0.15, 0.2) is 0 Å². The van der Waals surface area contributed by atoms with Crippen LogP contribution in [0.1, 0.15) is 23.7 Å². The summed E-state index contributed by atoms with van der Waals surface area (Å²) in [4.78, 5) is 11.0. The molecule has 2 rings (SSSR count). The van der Waals surface area contributed by atoms with E-state index in [1.54, 1.807) is 6.92 Å². The van der Waals surface area contributed by atoms with Gasteiger partial charge in [-0.1, -0.05) is 0 Å². The highest BCUT2D eigenvalue weighted by molar-refractivity contribution is 7.89. The number of ether oxygens (including phenoxy) is 1. The van der Waals surface area contributed by atoms with Crippen molar-refractivity contribution in [1.29, 1.82) is 0 Å². The van der Waals surface area contributed by atoms with Crippen molar-refractivity contribution < 1.29 is 23.1 Å². The number of nitrogens with two attached hydrogens (primary N) is 1. The number of carbonyl (C=O) groups excluding carboxylic acids is 1. The van der Waals surface area contributed by atoms with Gasteiger partial charge in [-0.25, -0.2) is 13.1 Å². The lowest BCUT2D eigenvalue weighted by Gasteiger charge is -2.26. The predicted octanol–water partition coefficient (Wildman–Crippen LogP) is -0.396. The van der Waals surface area contributed by atoms with Crippen LogP contribution in [-0.2, 0) is 14.8 Å². The fourth-order valence-electron chi connectivity index (χ4n) is 2.10. The van der Waals surface area contributed by atoms with Gasteiger partial charge in [-0.05, 0) is 31.2 Å². The molecule has 2 atom stereocenters. The first-order chi connectivity index (χ1) is 9.74. The summed E-state index contributed by atoms with van der Waals surface area (Å²) >= 11 is 0. The Labute approximate surface area is 123 Å². The van der Waals surface area contributed by atoms with Crippen LogP contribution in [0.4, 0.5) is 0 Å². The van der Waals surface area contributed by atoms with E-state index in [-0.39, 0.29) is 17.0 Å². The number of carbonyl (C=O) groups is 1. The van der Waals surface area contributed by atoms with Crippen LogP contribution in [-0.4, -0.2) is 44.3 Å². The molecule has 1 fully saturated rings. The van der Waals surface area contributed by atoms with E-state index in [4.69, 9.17) is 10.5 Å². The average molecular weight is 314 g/mol. The summed E-state index contributed by atoms with van der Waals surface area (Å²) in [5.41, 5.74) is 4.12. The molecule has 7 nitrogen and oxygen atoms in total. The Bertz CT molecular complexity index is 628. The van der Waals surface area contributed by atoms with Crippen LogP contribution in [0.15, 0.2) is 29.2 Å². The van der Waals surface area contributed by atoms with E-state index in [1.165, 1.54) is 24.3 Å². The molecule has 1 aromatic carbocycles. The van der Waals surface area contributed by atoms with Crippen molar-refractivity contribution in [2.45, 2.75) is 29.9 Å². The largest absolute Gasteiger partial charge is 0.386 e. The van der Waals surface area contributed by atoms with Gasteiger partial charge < -0.3 is 15.6 Å². The molecule has 1 amide bonds. The number of nitrogens with one attached hydrogen (secondary N) is 1. The number of rotatable bonds is 5. The molecular formula is C13H18N2O5S. The van der Waals surface area contributed by atoms with Crippen molar-refractivity contribution in [3.05, 3.63) is 29.8 Å². The Balaban J connectivity index is 2.10. The van der Waals surface area contributed by atoms with E-state index < -0.39 is 27.6 Å². The van der Waals surface area contributed by atoms with Crippen LogP contribution < -0.4 is 10.5 Å². The van der Waals surface area contributed by atoms with Gasteiger partial charge in [0.05, 0.1) is 11.0 Å². The van der Waals surface area contributed by atoms with Crippen molar-refractivity contribution >= 4 is 15.9 Å². The summed E-state index contributed by atoms with van der Waals surface area (Å²) in [7, 11) is -3.77. The number of sulfonamides is 1. The fourth-order valence-corrected chi connectivity index (χ4v) is 3.21.